The first-order valence-electron chi connectivity index (χ1n) is 7.21. The van der Waals surface area contributed by atoms with Crippen LogP contribution >= 0.6 is 11.6 Å². The summed E-state index contributed by atoms with van der Waals surface area (Å²) < 4.78 is 0. The van der Waals surface area contributed by atoms with Crippen LogP contribution in [0.2, 0.25) is 0 Å². The summed E-state index contributed by atoms with van der Waals surface area (Å²) in [4.78, 5) is 22.0. The second-order valence-corrected chi connectivity index (χ2v) is 5.60. The number of fused-ring (bicyclic) bond motifs is 1. The van der Waals surface area contributed by atoms with Gasteiger partial charge in [-0.15, -0.1) is 0 Å². The molecule has 0 radical (unpaired) electrons. The van der Waals surface area contributed by atoms with Crippen molar-refractivity contribution in [2.75, 3.05) is 14.1 Å². The quantitative estimate of drug-likeness (QED) is 0.878. The Morgan fingerprint density at radius 2 is 2.14 bits per heavy atom. The molecule has 0 spiro atoms. The Morgan fingerprint density at radius 1 is 1.41 bits per heavy atom. The predicted molar refractivity (Wildman–Crippen MR) is 93.0 cm³/mol. The molecule has 5 heteroatoms. The molecule has 22 heavy (non-hydrogen) atoms. The number of halogens is 1. The van der Waals surface area contributed by atoms with E-state index in [4.69, 9.17) is 11.6 Å². The number of hydrogen-bond acceptors (Lipinski definition) is 3. The highest BCUT2D eigenvalue weighted by molar-refractivity contribution is 6.34. The number of H-pyrrole nitrogens is 1. The molecule has 0 bridgehead atoms. The fraction of sp³-hybridized carbons (Fsp3) is 0.294. The predicted octanol–water partition coefficient (Wildman–Crippen LogP) is 3.53. The maximum absolute atomic E-state index is 12.3. The van der Waals surface area contributed by atoms with Crippen LogP contribution in [0.25, 0.3) is 16.7 Å². The third-order valence-electron chi connectivity index (χ3n) is 3.35. The van der Waals surface area contributed by atoms with Crippen LogP contribution in [0.3, 0.4) is 0 Å². The van der Waals surface area contributed by atoms with E-state index in [1.54, 1.807) is 12.1 Å². The lowest BCUT2D eigenvalue weighted by atomic mass is 10.1. The normalized spacial score (nSPS) is 12.8. The Kier molecular flexibility index (Phi) is 5.03. The van der Waals surface area contributed by atoms with Gasteiger partial charge in [-0.05, 0) is 31.6 Å². The van der Waals surface area contributed by atoms with E-state index in [9.17, 15) is 4.79 Å². The lowest BCUT2D eigenvalue weighted by Gasteiger charge is -2.19. The zero-order chi connectivity index (χ0) is 16.3. The minimum absolute atomic E-state index is 0.0665. The lowest BCUT2D eigenvalue weighted by molar-refractivity contribution is 0.588. The average Bonchev–Trinajstić information content (AvgIpc) is 2.46. The molecular weight excluding hydrogens is 298 g/mol. The number of pyridine rings is 2. The largest absolute Gasteiger partial charge is 0.375 e. The minimum Gasteiger partial charge on any atom is -0.375 e. The lowest BCUT2D eigenvalue weighted by Crippen LogP contribution is -2.15. The van der Waals surface area contributed by atoms with Crippen molar-refractivity contribution >= 4 is 28.3 Å². The van der Waals surface area contributed by atoms with Crippen molar-refractivity contribution in [1.29, 1.82) is 0 Å². The summed E-state index contributed by atoms with van der Waals surface area (Å²) in [5.74, 6) is 0. The maximum atomic E-state index is 12.3. The molecule has 0 unspecified atom stereocenters. The van der Waals surface area contributed by atoms with Gasteiger partial charge in [0, 0.05) is 25.9 Å². The van der Waals surface area contributed by atoms with E-state index >= 15 is 0 Å². The number of nitrogens with zero attached hydrogens (tertiary/aromatic N) is 2. The van der Waals surface area contributed by atoms with Crippen LogP contribution in [0.4, 0.5) is 0 Å². The van der Waals surface area contributed by atoms with Crippen molar-refractivity contribution in [2.45, 2.75) is 20.3 Å². The molecule has 1 N–H and O–H groups in total. The van der Waals surface area contributed by atoms with Gasteiger partial charge in [0.25, 0.3) is 0 Å². The van der Waals surface area contributed by atoms with Gasteiger partial charge < -0.3 is 9.88 Å². The third-order valence-corrected chi connectivity index (χ3v) is 3.66. The molecule has 0 aliphatic carbocycles. The van der Waals surface area contributed by atoms with Gasteiger partial charge >= 0.3 is 0 Å². The number of allylic oxidation sites excluding steroid dienone is 3. The number of rotatable bonds is 4. The van der Waals surface area contributed by atoms with Gasteiger partial charge in [0.2, 0.25) is 0 Å². The Bertz CT molecular complexity index is 803. The molecule has 0 amide bonds. The van der Waals surface area contributed by atoms with Gasteiger partial charge in [-0.3, -0.25) is 4.79 Å². The summed E-state index contributed by atoms with van der Waals surface area (Å²) >= 11 is 6.35. The van der Waals surface area contributed by atoms with E-state index in [1.807, 2.05) is 51.1 Å². The Labute approximate surface area is 135 Å². The summed E-state index contributed by atoms with van der Waals surface area (Å²) in [6, 6.07) is 5.26. The molecule has 0 aliphatic rings. The van der Waals surface area contributed by atoms with E-state index in [2.05, 4.69) is 9.97 Å². The molecule has 0 atom stereocenters. The summed E-state index contributed by atoms with van der Waals surface area (Å²) in [5.41, 5.74) is 2.87. The molecule has 4 nitrogen and oxygen atoms in total. The highest BCUT2D eigenvalue weighted by atomic mass is 35.5. The monoisotopic (exact) mass is 317 g/mol. The van der Waals surface area contributed by atoms with Gasteiger partial charge in [-0.2, -0.15) is 0 Å². The van der Waals surface area contributed by atoms with E-state index in [0.717, 1.165) is 17.8 Å². The molecule has 2 rings (SSSR count). The van der Waals surface area contributed by atoms with Gasteiger partial charge in [-0.1, -0.05) is 24.6 Å². The number of nitrogens with one attached hydrogen (secondary N) is 1. The van der Waals surface area contributed by atoms with Crippen molar-refractivity contribution in [3.8, 4) is 0 Å². The summed E-state index contributed by atoms with van der Waals surface area (Å²) in [6.45, 7) is 3.93. The van der Waals surface area contributed by atoms with Crippen molar-refractivity contribution in [3.63, 3.8) is 0 Å². The van der Waals surface area contributed by atoms with Gasteiger partial charge in [0.05, 0.1) is 21.8 Å². The second kappa shape index (κ2) is 6.79. The van der Waals surface area contributed by atoms with Crippen LogP contribution in [-0.4, -0.2) is 29.0 Å². The zero-order valence-corrected chi connectivity index (χ0v) is 14.0. The summed E-state index contributed by atoms with van der Waals surface area (Å²) in [6.07, 6.45) is 4.48. The van der Waals surface area contributed by atoms with Crippen molar-refractivity contribution < 1.29 is 0 Å². The van der Waals surface area contributed by atoms with Crippen LogP contribution in [0.5, 0.6) is 0 Å². The van der Waals surface area contributed by atoms with E-state index in [1.165, 1.54) is 0 Å². The number of aromatic amines is 1. The topological polar surface area (TPSA) is 49.0 Å². The smallest absolute Gasteiger partial charge is 0.191 e. The molecule has 0 saturated heterocycles. The number of hydrogen-bond donors (Lipinski definition) is 1. The molecule has 0 aliphatic heterocycles. The van der Waals surface area contributed by atoms with Crippen molar-refractivity contribution in [1.82, 2.24) is 14.9 Å². The highest BCUT2D eigenvalue weighted by Gasteiger charge is 2.12. The summed E-state index contributed by atoms with van der Waals surface area (Å²) in [7, 11) is 3.78. The van der Waals surface area contributed by atoms with Crippen LogP contribution in [-0.2, 0) is 6.42 Å². The van der Waals surface area contributed by atoms with Gasteiger partial charge in [0.1, 0.15) is 5.65 Å². The summed E-state index contributed by atoms with van der Waals surface area (Å²) in [5, 5.41) is 1.15. The first-order chi connectivity index (χ1) is 10.5. The molecule has 0 saturated carbocycles. The Balaban J connectivity index is 2.74. The Hall–Kier alpha value is -2.07. The van der Waals surface area contributed by atoms with Crippen LogP contribution in [0.1, 0.15) is 25.2 Å². The zero-order valence-electron chi connectivity index (χ0n) is 13.3. The van der Waals surface area contributed by atoms with E-state index < -0.39 is 0 Å². The molecule has 2 aromatic rings. The maximum Gasteiger partial charge on any atom is 0.191 e. The minimum atomic E-state index is -0.0665. The number of aromatic nitrogens is 2. The molecule has 116 valence electrons. The molecule has 2 aromatic heterocycles. The van der Waals surface area contributed by atoms with Crippen molar-refractivity contribution in [3.05, 3.63) is 57.0 Å². The second-order valence-electron chi connectivity index (χ2n) is 5.19. The average molecular weight is 318 g/mol. The third kappa shape index (κ3) is 3.22. The van der Waals surface area contributed by atoms with Crippen molar-refractivity contribution in [2.24, 2.45) is 0 Å². The highest BCUT2D eigenvalue weighted by Crippen LogP contribution is 2.23. The SMILES string of the molecule is C/C=C\C(Cl)=C(/c1cc(=O)c2ccc(CC)nc2[nH]1)N(C)C. The molecule has 0 aromatic carbocycles. The Morgan fingerprint density at radius 3 is 2.73 bits per heavy atom. The van der Waals surface area contributed by atoms with Gasteiger partial charge in [0.15, 0.2) is 5.43 Å². The van der Waals surface area contributed by atoms with Crippen LogP contribution in [0.15, 0.2) is 40.2 Å². The fourth-order valence-corrected chi connectivity index (χ4v) is 2.70. The van der Waals surface area contributed by atoms with E-state index in [-0.39, 0.29) is 5.43 Å². The van der Waals surface area contributed by atoms with E-state index in [0.29, 0.717) is 21.8 Å². The first-order valence-corrected chi connectivity index (χ1v) is 7.58. The van der Waals surface area contributed by atoms with Crippen LogP contribution in [0, 0.1) is 0 Å². The number of aryl methyl sites for hydroxylation is 1. The van der Waals surface area contributed by atoms with Gasteiger partial charge in [-0.25, -0.2) is 4.98 Å². The first kappa shape index (κ1) is 16.3. The molecule has 0 fully saturated rings. The van der Waals surface area contributed by atoms with Crippen LogP contribution < -0.4 is 5.43 Å². The molecule has 2 heterocycles. The standard InChI is InChI=1S/C17H20ClN3O/c1-5-7-13(18)16(21(3)4)14-10-15(22)12-9-8-11(6-2)19-17(12)20-14/h5,7-10H,6H2,1-4H3,(H,19,20,22)/b7-5-,16-13-. The fourth-order valence-electron chi connectivity index (χ4n) is 2.30. The molecular formula is C17H20ClN3O.